The standard InChI is InChI=1S/C17H19BrO3/c1-10-5-6-12(18)8-13(10)17(19)14-9-16(21-4)15(20-3)7-11(14)2/h5-9,17,19H,1-4H3. The first-order valence-corrected chi connectivity index (χ1v) is 7.44. The van der Waals surface area contributed by atoms with Crippen molar-refractivity contribution >= 4 is 15.9 Å². The number of aliphatic hydroxyl groups excluding tert-OH is 1. The number of hydrogen-bond acceptors (Lipinski definition) is 3. The second-order valence-corrected chi connectivity index (χ2v) is 5.88. The van der Waals surface area contributed by atoms with E-state index in [1.807, 2.05) is 44.2 Å². The third kappa shape index (κ3) is 3.22. The fourth-order valence-electron chi connectivity index (χ4n) is 2.36. The Balaban J connectivity index is 2.52. The van der Waals surface area contributed by atoms with Crippen molar-refractivity contribution in [3.05, 3.63) is 57.1 Å². The maximum absolute atomic E-state index is 10.7. The van der Waals surface area contributed by atoms with Crippen molar-refractivity contribution < 1.29 is 14.6 Å². The lowest BCUT2D eigenvalue weighted by Gasteiger charge is -2.19. The second-order valence-electron chi connectivity index (χ2n) is 4.97. The highest BCUT2D eigenvalue weighted by Crippen LogP contribution is 2.36. The van der Waals surface area contributed by atoms with Crippen LogP contribution in [0.3, 0.4) is 0 Å². The molecule has 0 saturated carbocycles. The van der Waals surface area contributed by atoms with Crippen LogP contribution in [0.15, 0.2) is 34.8 Å². The number of halogens is 1. The number of ether oxygens (including phenoxy) is 2. The third-order valence-electron chi connectivity index (χ3n) is 3.60. The number of rotatable bonds is 4. The smallest absolute Gasteiger partial charge is 0.161 e. The van der Waals surface area contributed by atoms with E-state index >= 15 is 0 Å². The minimum atomic E-state index is -0.706. The van der Waals surface area contributed by atoms with E-state index in [1.54, 1.807) is 14.2 Å². The minimum Gasteiger partial charge on any atom is -0.493 e. The van der Waals surface area contributed by atoms with E-state index in [0.29, 0.717) is 11.5 Å². The van der Waals surface area contributed by atoms with Gasteiger partial charge in [-0.05, 0) is 60.4 Å². The fraction of sp³-hybridized carbons (Fsp3) is 0.294. The Bertz CT molecular complexity index is 653. The number of hydrogen-bond donors (Lipinski definition) is 1. The van der Waals surface area contributed by atoms with Gasteiger partial charge in [-0.1, -0.05) is 22.0 Å². The average Bonchev–Trinajstić information content (AvgIpc) is 2.48. The number of methoxy groups -OCH3 is 2. The molecule has 4 heteroatoms. The molecule has 1 atom stereocenters. The van der Waals surface area contributed by atoms with Crippen LogP contribution in [-0.2, 0) is 0 Å². The molecule has 21 heavy (non-hydrogen) atoms. The Morgan fingerprint density at radius 3 is 2.10 bits per heavy atom. The summed E-state index contributed by atoms with van der Waals surface area (Å²) >= 11 is 3.45. The van der Waals surface area contributed by atoms with Crippen LogP contribution in [0.2, 0.25) is 0 Å². The largest absolute Gasteiger partial charge is 0.493 e. The fourth-order valence-corrected chi connectivity index (χ4v) is 2.74. The second kappa shape index (κ2) is 6.50. The lowest BCUT2D eigenvalue weighted by Crippen LogP contribution is -2.05. The summed E-state index contributed by atoms with van der Waals surface area (Å²) in [4.78, 5) is 0. The molecule has 0 aliphatic carbocycles. The van der Waals surface area contributed by atoms with Crippen molar-refractivity contribution in [2.24, 2.45) is 0 Å². The van der Waals surface area contributed by atoms with E-state index in [9.17, 15) is 5.11 Å². The highest BCUT2D eigenvalue weighted by molar-refractivity contribution is 9.10. The average molecular weight is 351 g/mol. The lowest BCUT2D eigenvalue weighted by molar-refractivity contribution is 0.218. The van der Waals surface area contributed by atoms with E-state index in [1.165, 1.54) is 0 Å². The molecule has 112 valence electrons. The maximum atomic E-state index is 10.7. The summed E-state index contributed by atoms with van der Waals surface area (Å²) in [5, 5.41) is 10.7. The molecule has 2 aromatic rings. The van der Waals surface area contributed by atoms with Gasteiger partial charge in [0.05, 0.1) is 14.2 Å². The van der Waals surface area contributed by atoms with Crippen molar-refractivity contribution in [2.45, 2.75) is 20.0 Å². The molecule has 0 heterocycles. The van der Waals surface area contributed by atoms with Gasteiger partial charge in [-0.25, -0.2) is 0 Å². The maximum Gasteiger partial charge on any atom is 0.161 e. The molecule has 0 bridgehead atoms. The highest BCUT2D eigenvalue weighted by Gasteiger charge is 2.18. The molecule has 0 aromatic heterocycles. The molecule has 0 fully saturated rings. The molecule has 0 aliphatic rings. The Hall–Kier alpha value is -1.52. The zero-order chi connectivity index (χ0) is 15.6. The number of aryl methyl sites for hydroxylation is 2. The SMILES string of the molecule is COc1cc(C)c(C(O)c2cc(Br)ccc2C)cc1OC. The molecular weight excluding hydrogens is 332 g/mol. The monoisotopic (exact) mass is 350 g/mol. The number of benzene rings is 2. The first-order valence-electron chi connectivity index (χ1n) is 6.64. The van der Waals surface area contributed by atoms with E-state index in [0.717, 1.165) is 26.7 Å². The van der Waals surface area contributed by atoms with E-state index in [-0.39, 0.29) is 0 Å². The summed E-state index contributed by atoms with van der Waals surface area (Å²) in [7, 11) is 3.19. The van der Waals surface area contributed by atoms with Crippen LogP contribution < -0.4 is 9.47 Å². The molecular formula is C17H19BrO3. The Morgan fingerprint density at radius 1 is 0.905 bits per heavy atom. The summed E-state index contributed by atoms with van der Waals surface area (Å²) in [5.74, 6) is 1.28. The normalized spacial score (nSPS) is 12.1. The highest BCUT2D eigenvalue weighted by atomic mass is 79.9. The molecule has 0 spiro atoms. The van der Waals surface area contributed by atoms with Gasteiger partial charge >= 0.3 is 0 Å². The molecule has 1 unspecified atom stereocenters. The van der Waals surface area contributed by atoms with Crippen LogP contribution in [0.1, 0.15) is 28.4 Å². The zero-order valence-electron chi connectivity index (χ0n) is 12.6. The van der Waals surface area contributed by atoms with Gasteiger partial charge in [0, 0.05) is 4.47 Å². The Labute approximate surface area is 133 Å². The molecule has 2 rings (SSSR count). The van der Waals surface area contributed by atoms with Crippen molar-refractivity contribution in [3.63, 3.8) is 0 Å². The van der Waals surface area contributed by atoms with Crippen LogP contribution >= 0.6 is 15.9 Å². The van der Waals surface area contributed by atoms with Gasteiger partial charge < -0.3 is 14.6 Å². The van der Waals surface area contributed by atoms with Gasteiger partial charge in [0.15, 0.2) is 11.5 Å². The lowest BCUT2D eigenvalue weighted by atomic mass is 9.94. The summed E-state index contributed by atoms with van der Waals surface area (Å²) in [5.41, 5.74) is 3.69. The topological polar surface area (TPSA) is 38.7 Å². The van der Waals surface area contributed by atoms with Crippen LogP contribution in [0.25, 0.3) is 0 Å². The molecule has 0 aliphatic heterocycles. The first-order chi connectivity index (χ1) is 9.97. The molecule has 3 nitrogen and oxygen atoms in total. The van der Waals surface area contributed by atoms with E-state index in [2.05, 4.69) is 15.9 Å². The van der Waals surface area contributed by atoms with Gasteiger partial charge in [0.1, 0.15) is 6.10 Å². The predicted molar refractivity (Wildman–Crippen MR) is 87.2 cm³/mol. The van der Waals surface area contributed by atoms with Gasteiger partial charge in [-0.15, -0.1) is 0 Å². The van der Waals surface area contributed by atoms with E-state index < -0.39 is 6.10 Å². The van der Waals surface area contributed by atoms with Gasteiger partial charge in [-0.2, -0.15) is 0 Å². The van der Waals surface area contributed by atoms with Gasteiger partial charge in [-0.3, -0.25) is 0 Å². The van der Waals surface area contributed by atoms with Crippen molar-refractivity contribution in [3.8, 4) is 11.5 Å². The summed E-state index contributed by atoms with van der Waals surface area (Å²) in [6.45, 7) is 3.94. The van der Waals surface area contributed by atoms with Gasteiger partial charge in [0.2, 0.25) is 0 Å². The number of aliphatic hydroxyl groups is 1. The van der Waals surface area contributed by atoms with Crippen LogP contribution in [-0.4, -0.2) is 19.3 Å². The van der Waals surface area contributed by atoms with Gasteiger partial charge in [0.25, 0.3) is 0 Å². The van der Waals surface area contributed by atoms with Crippen LogP contribution in [0.5, 0.6) is 11.5 Å². The summed E-state index contributed by atoms with van der Waals surface area (Å²) in [6.07, 6.45) is -0.706. The zero-order valence-corrected chi connectivity index (χ0v) is 14.2. The van der Waals surface area contributed by atoms with Crippen molar-refractivity contribution in [1.82, 2.24) is 0 Å². The predicted octanol–water partition coefficient (Wildman–Crippen LogP) is 4.16. The Kier molecular flexibility index (Phi) is 4.91. The third-order valence-corrected chi connectivity index (χ3v) is 4.10. The molecule has 0 saturated heterocycles. The van der Waals surface area contributed by atoms with Crippen LogP contribution in [0, 0.1) is 13.8 Å². The molecule has 0 radical (unpaired) electrons. The quantitative estimate of drug-likeness (QED) is 0.899. The molecule has 0 amide bonds. The minimum absolute atomic E-state index is 0.616. The van der Waals surface area contributed by atoms with E-state index in [4.69, 9.17) is 9.47 Å². The summed E-state index contributed by atoms with van der Waals surface area (Å²) < 4.78 is 11.6. The molecule has 1 N–H and O–H groups in total. The van der Waals surface area contributed by atoms with Crippen LogP contribution in [0.4, 0.5) is 0 Å². The first kappa shape index (κ1) is 15.9. The summed E-state index contributed by atoms with van der Waals surface area (Å²) in [6, 6.07) is 9.60. The van der Waals surface area contributed by atoms with Crippen molar-refractivity contribution in [2.75, 3.05) is 14.2 Å². The van der Waals surface area contributed by atoms with Crippen molar-refractivity contribution in [1.29, 1.82) is 0 Å². The molecule has 2 aromatic carbocycles. The Morgan fingerprint density at radius 2 is 1.48 bits per heavy atom.